The lowest BCUT2D eigenvalue weighted by molar-refractivity contribution is -0.121. The molecule has 4 rings (SSSR count). The van der Waals surface area contributed by atoms with Crippen molar-refractivity contribution in [2.45, 2.75) is 26.4 Å². The van der Waals surface area contributed by atoms with Crippen molar-refractivity contribution in [3.63, 3.8) is 0 Å². The molecule has 0 spiro atoms. The molecule has 1 aliphatic heterocycles. The van der Waals surface area contributed by atoms with Crippen LogP contribution in [0.5, 0.6) is 0 Å². The maximum Gasteiger partial charge on any atom is 0.317 e. The Morgan fingerprint density at radius 2 is 1.62 bits per heavy atom. The third kappa shape index (κ3) is 5.34. The van der Waals surface area contributed by atoms with Crippen molar-refractivity contribution >= 4 is 34.2 Å². The Hall–Kier alpha value is -3.10. The summed E-state index contributed by atoms with van der Waals surface area (Å²) < 4.78 is 2.71. The molecule has 1 aliphatic rings. The van der Waals surface area contributed by atoms with Crippen molar-refractivity contribution in [3.8, 4) is 0 Å². The van der Waals surface area contributed by atoms with Crippen LogP contribution in [0.15, 0.2) is 58.1 Å². The number of carbonyl (C=O) groups excluding carboxylic acids is 1. The number of halogens is 1. The zero-order chi connectivity index (χ0) is 24.1. The Balaban J connectivity index is 1.27. The van der Waals surface area contributed by atoms with Gasteiger partial charge in [-0.1, -0.05) is 29.8 Å². The molecule has 0 radical (unpaired) electrons. The summed E-state index contributed by atoms with van der Waals surface area (Å²) in [4.78, 5) is 42.3. The van der Waals surface area contributed by atoms with Crippen LogP contribution in [-0.4, -0.2) is 59.2 Å². The number of fused-ring (bicyclic) bond motifs is 1. The minimum absolute atomic E-state index is 0.169. The number of aromatic nitrogens is 2. The van der Waals surface area contributed by atoms with Crippen molar-refractivity contribution < 1.29 is 4.79 Å². The number of carbonyl (C=O) groups is 1. The minimum Gasteiger partial charge on any atom is -0.369 e. The molecule has 1 aromatic heterocycles. The summed E-state index contributed by atoms with van der Waals surface area (Å²) in [5, 5.41) is 3.64. The standard InChI is InChI=1S/C25H30ClN5O3/c1-2-30-21-9-3-4-10-22(21)31(25(34)24(30)33)18-23(32)27-11-6-12-28-13-15-29(16-14-28)20-8-5-7-19(26)17-20/h3-5,7-10,17H,2,6,11-16,18H2,1H3,(H,27,32). The highest BCUT2D eigenvalue weighted by Crippen LogP contribution is 2.20. The number of piperazine rings is 1. The number of nitrogens with zero attached hydrogens (tertiary/aromatic N) is 4. The number of para-hydroxylation sites is 2. The highest BCUT2D eigenvalue weighted by molar-refractivity contribution is 6.30. The van der Waals surface area contributed by atoms with Crippen LogP contribution in [0.3, 0.4) is 0 Å². The van der Waals surface area contributed by atoms with Crippen LogP contribution in [0.2, 0.25) is 5.02 Å². The summed E-state index contributed by atoms with van der Waals surface area (Å²) >= 11 is 6.11. The van der Waals surface area contributed by atoms with E-state index in [1.807, 2.05) is 31.2 Å². The molecule has 0 atom stereocenters. The lowest BCUT2D eigenvalue weighted by Crippen LogP contribution is -2.47. The summed E-state index contributed by atoms with van der Waals surface area (Å²) in [5.74, 6) is -0.272. The third-order valence-corrected chi connectivity index (χ3v) is 6.51. The Kier molecular flexibility index (Phi) is 7.70. The molecule has 1 fully saturated rings. The van der Waals surface area contributed by atoms with E-state index < -0.39 is 11.1 Å². The van der Waals surface area contributed by atoms with Crippen LogP contribution in [0, 0.1) is 0 Å². The van der Waals surface area contributed by atoms with Gasteiger partial charge in [-0.05, 0) is 50.2 Å². The number of amides is 1. The van der Waals surface area contributed by atoms with E-state index in [2.05, 4.69) is 21.2 Å². The third-order valence-electron chi connectivity index (χ3n) is 6.27. The van der Waals surface area contributed by atoms with E-state index >= 15 is 0 Å². The number of nitrogens with one attached hydrogen (secondary N) is 1. The molecule has 1 saturated heterocycles. The van der Waals surface area contributed by atoms with Crippen LogP contribution in [0.25, 0.3) is 11.0 Å². The SMILES string of the molecule is CCn1c(=O)c(=O)n(CC(=O)NCCCN2CCN(c3cccc(Cl)c3)CC2)c2ccccc21. The van der Waals surface area contributed by atoms with Gasteiger partial charge in [-0.3, -0.25) is 23.9 Å². The monoisotopic (exact) mass is 483 g/mol. The molecule has 34 heavy (non-hydrogen) atoms. The smallest absolute Gasteiger partial charge is 0.317 e. The largest absolute Gasteiger partial charge is 0.369 e. The number of benzene rings is 2. The molecule has 3 aromatic rings. The van der Waals surface area contributed by atoms with Crippen LogP contribution in [0.4, 0.5) is 5.69 Å². The van der Waals surface area contributed by atoms with Gasteiger partial charge in [0.25, 0.3) is 0 Å². The molecule has 2 heterocycles. The van der Waals surface area contributed by atoms with E-state index in [1.165, 1.54) is 9.13 Å². The molecule has 1 amide bonds. The Morgan fingerprint density at radius 3 is 2.29 bits per heavy atom. The predicted octanol–water partition coefficient (Wildman–Crippen LogP) is 2.17. The van der Waals surface area contributed by atoms with Crippen molar-refractivity contribution in [3.05, 3.63) is 74.3 Å². The van der Waals surface area contributed by atoms with E-state index in [-0.39, 0.29) is 12.5 Å². The van der Waals surface area contributed by atoms with Crippen LogP contribution < -0.4 is 21.3 Å². The second-order valence-electron chi connectivity index (χ2n) is 8.44. The zero-order valence-electron chi connectivity index (χ0n) is 19.4. The summed E-state index contributed by atoms with van der Waals surface area (Å²) in [5.41, 5.74) is 1.11. The van der Waals surface area contributed by atoms with Gasteiger partial charge in [-0.2, -0.15) is 0 Å². The van der Waals surface area contributed by atoms with Gasteiger partial charge in [0, 0.05) is 50.0 Å². The highest BCUT2D eigenvalue weighted by atomic mass is 35.5. The summed E-state index contributed by atoms with van der Waals surface area (Å²) in [7, 11) is 0. The molecule has 180 valence electrons. The number of hydrogen-bond acceptors (Lipinski definition) is 5. The molecule has 9 heteroatoms. The lowest BCUT2D eigenvalue weighted by Gasteiger charge is -2.36. The van der Waals surface area contributed by atoms with E-state index in [9.17, 15) is 14.4 Å². The number of hydrogen-bond donors (Lipinski definition) is 1. The van der Waals surface area contributed by atoms with Crippen molar-refractivity contribution in [2.75, 3.05) is 44.2 Å². The van der Waals surface area contributed by atoms with Gasteiger partial charge in [0.1, 0.15) is 6.54 Å². The van der Waals surface area contributed by atoms with Crippen LogP contribution >= 0.6 is 11.6 Å². The van der Waals surface area contributed by atoms with Gasteiger partial charge in [0.05, 0.1) is 11.0 Å². The van der Waals surface area contributed by atoms with Gasteiger partial charge in [-0.25, -0.2) is 0 Å². The van der Waals surface area contributed by atoms with Gasteiger partial charge >= 0.3 is 11.1 Å². The maximum atomic E-state index is 12.6. The first kappa shape index (κ1) is 24.0. The van der Waals surface area contributed by atoms with Gasteiger partial charge < -0.3 is 14.8 Å². The van der Waals surface area contributed by atoms with Crippen LogP contribution in [0.1, 0.15) is 13.3 Å². The topological polar surface area (TPSA) is 79.6 Å². The second kappa shape index (κ2) is 10.9. The Labute approximate surface area is 203 Å². The molecule has 0 bridgehead atoms. The summed E-state index contributed by atoms with van der Waals surface area (Å²) in [6.45, 7) is 7.24. The zero-order valence-corrected chi connectivity index (χ0v) is 20.1. The summed E-state index contributed by atoms with van der Waals surface area (Å²) in [6, 6.07) is 15.1. The number of rotatable bonds is 8. The quantitative estimate of drug-likeness (QED) is 0.392. The molecule has 1 N–H and O–H groups in total. The average Bonchev–Trinajstić information content (AvgIpc) is 2.85. The van der Waals surface area contributed by atoms with E-state index in [0.29, 0.717) is 24.1 Å². The highest BCUT2D eigenvalue weighted by Gasteiger charge is 2.17. The molecule has 0 unspecified atom stereocenters. The van der Waals surface area contributed by atoms with Crippen molar-refractivity contribution in [1.29, 1.82) is 0 Å². The average molecular weight is 484 g/mol. The Bertz CT molecular complexity index is 1280. The fourth-order valence-corrected chi connectivity index (χ4v) is 4.66. The molecular formula is C25H30ClN5O3. The summed E-state index contributed by atoms with van der Waals surface area (Å²) in [6.07, 6.45) is 0.815. The molecule has 0 saturated carbocycles. The van der Waals surface area contributed by atoms with Gasteiger partial charge in [0.15, 0.2) is 0 Å². The first-order valence-corrected chi connectivity index (χ1v) is 12.1. The van der Waals surface area contributed by atoms with Gasteiger partial charge in [0.2, 0.25) is 5.91 Å². The minimum atomic E-state index is -0.673. The number of anilines is 1. The predicted molar refractivity (Wildman–Crippen MR) is 136 cm³/mol. The number of aryl methyl sites for hydroxylation is 1. The fraction of sp³-hybridized carbons (Fsp3) is 0.400. The lowest BCUT2D eigenvalue weighted by atomic mass is 10.2. The van der Waals surface area contributed by atoms with E-state index in [1.54, 1.807) is 18.2 Å². The molecule has 2 aromatic carbocycles. The van der Waals surface area contributed by atoms with Crippen molar-refractivity contribution in [1.82, 2.24) is 19.4 Å². The van der Waals surface area contributed by atoms with Crippen LogP contribution in [-0.2, 0) is 17.9 Å². The Morgan fingerprint density at radius 1 is 0.941 bits per heavy atom. The first-order chi connectivity index (χ1) is 16.5. The van der Waals surface area contributed by atoms with E-state index in [0.717, 1.165) is 49.9 Å². The van der Waals surface area contributed by atoms with Gasteiger partial charge in [-0.15, -0.1) is 0 Å². The molecular weight excluding hydrogens is 454 g/mol. The first-order valence-electron chi connectivity index (χ1n) is 11.7. The normalized spacial score (nSPS) is 14.5. The fourth-order valence-electron chi connectivity index (χ4n) is 4.47. The molecule has 0 aliphatic carbocycles. The second-order valence-corrected chi connectivity index (χ2v) is 8.88. The maximum absolute atomic E-state index is 12.6. The molecule has 8 nitrogen and oxygen atoms in total. The van der Waals surface area contributed by atoms with Crippen molar-refractivity contribution in [2.24, 2.45) is 0 Å². The van der Waals surface area contributed by atoms with E-state index in [4.69, 9.17) is 11.6 Å².